The average Bonchev–Trinajstić information content (AvgIpc) is 1.87. The van der Waals surface area contributed by atoms with Gasteiger partial charge in [0, 0.05) is 0 Å². The maximum absolute atomic E-state index is 10.5. The van der Waals surface area contributed by atoms with E-state index >= 15 is 0 Å². The first-order valence-electron chi connectivity index (χ1n) is 2.83. The lowest BCUT2D eigenvalue weighted by Crippen LogP contribution is -2.05. The summed E-state index contributed by atoms with van der Waals surface area (Å²) < 4.78 is 4.32. The molecule has 3 nitrogen and oxygen atoms in total. The van der Waals surface area contributed by atoms with Crippen LogP contribution in [0.4, 0.5) is 0 Å². The summed E-state index contributed by atoms with van der Waals surface area (Å²) in [7, 11) is 1.27. The summed E-state index contributed by atoms with van der Waals surface area (Å²) in [6.45, 7) is 4.76. The Hall–Kier alpha value is -1.12. The second-order valence-corrected chi connectivity index (χ2v) is 1.91. The molecule has 0 aromatic rings. The van der Waals surface area contributed by atoms with Crippen LogP contribution in [0, 0.1) is 0 Å². The summed E-state index contributed by atoms with van der Waals surface area (Å²) in [6.07, 6.45) is -0.00810. The quantitative estimate of drug-likeness (QED) is 0.430. The third kappa shape index (κ3) is 3.02. The van der Waals surface area contributed by atoms with Crippen LogP contribution in [0.1, 0.15) is 13.3 Å². The molecule has 56 valence electrons. The zero-order chi connectivity index (χ0) is 8.15. The Labute approximate surface area is 59.7 Å². The lowest BCUT2D eigenvalue weighted by molar-refractivity contribution is -0.140. The summed E-state index contributed by atoms with van der Waals surface area (Å²) in [6, 6.07) is 0. The van der Waals surface area contributed by atoms with Gasteiger partial charge in [0.15, 0.2) is 5.78 Å². The number of Topliss-reactive ketones (excluding diaryl/α,β-unsaturated/α-hetero) is 1. The van der Waals surface area contributed by atoms with Gasteiger partial charge in [-0.15, -0.1) is 0 Å². The van der Waals surface area contributed by atoms with Crippen molar-refractivity contribution in [2.75, 3.05) is 7.11 Å². The van der Waals surface area contributed by atoms with Crippen LogP contribution in [0.5, 0.6) is 0 Å². The highest BCUT2D eigenvalue weighted by Crippen LogP contribution is 1.99. The first kappa shape index (κ1) is 8.88. The number of esters is 1. The molecule has 0 atom stereocenters. The third-order valence-electron chi connectivity index (χ3n) is 1.08. The van der Waals surface area contributed by atoms with E-state index in [1.54, 1.807) is 0 Å². The van der Waals surface area contributed by atoms with Crippen molar-refractivity contribution in [1.82, 2.24) is 0 Å². The van der Waals surface area contributed by atoms with Gasteiger partial charge in [0.25, 0.3) is 0 Å². The topological polar surface area (TPSA) is 43.4 Å². The first-order chi connectivity index (χ1) is 4.57. The number of carbonyl (C=O) groups excluding carboxylic acids is 2. The van der Waals surface area contributed by atoms with Crippen molar-refractivity contribution in [2.45, 2.75) is 13.3 Å². The van der Waals surface area contributed by atoms with Crippen molar-refractivity contribution in [3.8, 4) is 0 Å². The molecule has 0 heterocycles. The molecule has 0 aliphatic heterocycles. The number of hydrogen-bond acceptors (Lipinski definition) is 3. The van der Waals surface area contributed by atoms with E-state index in [2.05, 4.69) is 11.3 Å². The van der Waals surface area contributed by atoms with Gasteiger partial charge in [-0.1, -0.05) is 6.58 Å². The third-order valence-corrected chi connectivity index (χ3v) is 1.08. The Bertz CT molecular complexity index is 170. The molecule has 0 radical (unpaired) electrons. The van der Waals surface area contributed by atoms with Crippen LogP contribution in [-0.2, 0) is 14.3 Å². The van der Waals surface area contributed by atoms with Gasteiger partial charge < -0.3 is 4.74 Å². The lowest BCUT2D eigenvalue weighted by Gasteiger charge is -1.97. The maximum atomic E-state index is 10.5. The predicted molar refractivity (Wildman–Crippen MR) is 36.5 cm³/mol. The normalized spacial score (nSPS) is 8.60. The van der Waals surface area contributed by atoms with E-state index in [1.165, 1.54) is 14.0 Å². The highest BCUT2D eigenvalue weighted by atomic mass is 16.5. The van der Waals surface area contributed by atoms with Crippen LogP contribution in [-0.4, -0.2) is 18.9 Å². The number of ether oxygens (including phenoxy) is 1. The molecular weight excluding hydrogens is 132 g/mol. The summed E-state index contributed by atoms with van der Waals surface area (Å²) in [4.78, 5) is 21.0. The van der Waals surface area contributed by atoms with E-state index in [-0.39, 0.29) is 17.8 Å². The molecule has 0 spiro atoms. The minimum atomic E-state index is -0.430. The number of rotatable bonds is 3. The fraction of sp³-hybridized carbons (Fsp3) is 0.429. The van der Waals surface area contributed by atoms with Gasteiger partial charge in [-0.2, -0.15) is 0 Å². The summed E-state index contributed by atoms with van der Waals surface area (Å²) >= 11 is 0. The highest BCUT2D eigenvalue weighted by Gasteiger charge is 2.06. The smallest absolute Gasteiger partial charge is 0.310 e. The molecule has 3 heteroatoms. The van der Waals surface area contributed by atoms with Crippen molar-refractivity contribution in [1.29, 1.82) is 0 Å². The molecule has 0 fully saturated rings. The van der Waals surface area contributed by atoms with Gasteiger partial charge in [0.2, 0.25) is 0 Å². The van der Waals surface area contributed by atoms with Gasteiger partial charge in [-0.25, -0.2) is 0 Å². The fourth-order valence-corrected chi connectivity index (χ4v) is 0.371. The molecule has 0 saturated carbocycles. The van der Waals surface area contributed by atoms with Gasteiger partial charge in [0.1, 0.15) is 0 Å². The standard InChI is InChI=1S/C7H10O3/c1-5(6(2)8)4-7(9)10-3/h1,4H2,2-3H3. The van der Waals surface area contributed by atoms with Crippen LogP contribution in [0.15, 0.2) is 12.2 Å². The Morgan fingerprint density at radius 1 is 1.50 bits per heavy atom. The SMILES string of the molecule is C=C(CC(=O)OC)C(C)=O. The summed E-state index contributed by atoms with van der Waals surface area (Å²) in [5.41, 5.74) is 0.284. The molecule has 0 aliphatic carbocycles. The molecule has 0 bridgehead atoms. The zero-order valence-electron chi connectivity index (χ0n) is 6.14. The van der Waals surface area contributed by atoms with Crippen molar-refractivity contribution in [3.63, 3.8) is 0 Å². The Morgan fingerprint density at radius 3 is 2.30 bits per heavy atom. The molecule has 0 N–H and O–H groups in total. The average molecular weight is 142 g/mol. The Kier molecular flexibility index (Phi) is 3.39. The Balaban J connectivity index is 3.80. The molecule has 0 aromatic heterocycles. The monoisotopic (exact) mass is 142 g/mol. The number of ketones is 1. The molecular formula is C7H10O3. The van der Waals surface area contributed by atoms with Crippen LogP contribution in [0.3, 0.4) is 0 Å². The number of methoxy groups -OCH3 is 1. The molecule has 0 unspecified atom stereocenters. The predicted octanol–water partition coefficient (Wildman–Crippen LogP) is 0.695. The van der Waals surface area contributed by atoms with Gasteiger partial charge in [-0.3, -0.25) is 9.59 Å². The number of carbonyl (C=O) groups is 2. The highest BCUT2D eigenvalue weighted by molar-refractivity contribution is 5.96. The molecule has 0 rings (SSSR count). The van der Waals surface area contributed by atoms with Crippen LogP contribution < -0.4 is 0 Å². The van der Waals surface area contributed by atoms with E-state index in [9.17, 15) is 9.59 Å². The molecule has 0 aromatic carbocycles. The van der Waals surface area contributed by atoms with E-state index in [1.807, 2.05) is 0 Å². The van der Waals surface area contributed by atoms with Crippen molar-refractivity contribution in [3.05, 3.63) is 12.2 Å². The van der Waals surface area contributed by atoms with Crippen LogP contribution >= 0.6 is 0 Å². The van der Waals surface area contributed by atoms with Crippen molar-refractivity contribution < 1.29 is 14.3 Å². The minimum absolute atomic E-state index is 0.00810. The molecule has 10 heavy (non-hydrogen) atoms. The summed E-state index contributed by atoms with van der Waals surface area (Å²) in [5, 5.41) is 0. The second-order valence-electron chi connectivity index (χ2n) is 1.91. The van der Waals surface area contributed by atoms with E-state index in [0.717, 1.165) is 0 Å². The van der Waals surface area contributed by atoms with Crippen molar-refractivity contribution >= 4 is 11.8 Å². The number of hydrogen-bond donors (Lipinski definition) is 0. The molecule has 0 saturated heterocycles. The largest absolute Gasteiger partial charge is 0.469 e. The van der Waals surface area contributed by atoms with Gasteiger partial charge in [0.05, 0.1) is 13.5 Å². The second kappa shape index (κ2) is 3.82. The van der Waals surface area contributed by atoms with E-state index in [4.69, 9.17) is 0 Å². The van der Waals surface area contributed by atoms with E-state index in [0.29, 0.717) is 0 Å². The maximum Gasteiger partial charge on any atom is 0.310 e. The van der Waals surface area contributed by atoms with Gasteiger partial charge >= 0.3 is 5.97 Å². The zero-order valence-corrected chi connectivity index (χ0v) is 6.14. The fourth-order valence-electron chi connectivity index (χ4n) is 0.371. The summed E-state index contributed by atoms with van der Waals surface area (Å²) in [5.74, 6) is -0.606. The first-order valence-corrected chi connectivity index (χ1v) is 2.83. The lowest BCUT2D eigenvalue weighted by atomic mass is 10.1. The van der Waals surface area contributed by atoms with Crippen LogP contribution in [0.25, 0.3) is 0 Å². The Morgan fingerprint density at radius 2 is 2.00 bits per heavy atom. The van der Waals surface area contributed by atoms with E-state index < -0.39 is 5.97 Å². The minimum Gasteiger partial charge on any atom is -0.469 e. The van der Waals surface area contributed by atoms with Crippen LogP contribution in [0.2, 0.25) is 0 Å². The van der Waals surface area contributed by atoms with Gasteiger partial charge in [-0.05, 0) is 12.5 Å². The molecule has 0 amide bonds. The molecule has 0 aliphatic rings. The van der Waals surface area contributed by atoms with Crippen molar-refractivity contribution in [2.24, 2.45) is 0 Å².